The lowest BCUT2D eigenvalue weighted by Gasteiger charge is -2.32. The van der Waals surface area contributed by atoms with Gasteiger partial charge in [0.2, 0.25) is 5.88 Å². The molecule has 0 spiro atoms. The average Bonchev–Trinajstić information content (AvgIpc) is 3.02. The van der Waals surface area contributed by atoms with Crippen molar-refractivity contribution in [1.29, 1.82) is 0 Å². The molecule has 0 aliphatic carbocycles. The van der Waals surface area contributed by atoms with Crippen molar-refractivity contribution < 1.29 is 9.32 Å². The van der Waals surface area contributed by atoms with Crippen molar-refractivity contribution in [2.24, 2.45) is 0 Å². The van der Waals surface area contributed by atoms with Gasteiger partial charge < -0.3 is 15.2 Å². The lowest BCUT2D eigenvalue weighted by molar-refractivity contribution is 0.0711. The summed E-state index contributed by atoms with van der Waals surface area (Å²) in [6, 6.07) is 8.02. The fourth-order valence-corrected chi connectivity index (χ4v) is 3.85. The highest BCUT2D eigenvalue weighted by atomic mass is 16.5. The Balaban J connectivity index is 1.66. The van der Waals surface area contributed by atoms with Crippen molar-refractivity contribution in [1.82, 2.24) is 10.1 Å². The first-order chi connectivity index (χ1) is 12.7. The van der Waals surface area contributed by atoms with Crippen LogP contribution < -0.4 is 5.73 Å². The smallest absolute Gasteiger partial charge is 0.253 e. The molecule has 1 aromatic carbocycles. The summed E-state index contributed by atoms with van der Waals surface area (Å²) in [7, 11) is 0. The number of carbonyl (C=O) groups excluding carboxylic acids is 1. The van der Waals surface area contributed by atoms with Crippen LogP contribution in [-0.4, -0.2) is 29.1 Å². The molecular weight excluding hydrogens is 338 g/mol. The number of anilines is 1. The minimum atomic E-state index is 0.0908. The number of benzene rings is 1. The summed E-state index contributed by atoms with van der Waals surface area (Å²) in [6.07, 6.45) is 1.77. The van der Waals surface area contributed by atoms with Crippen LogP contribution in [0.5, 0.6) is 0 Å². The third kappa shape index (κ3) is 4.02. The van der Waals surface area contributed by atoms with Crippen LogP contribution in [0.15, 0.2) is 28.8 Å². The molecule has 146 valence electrons. The maximum absolute atomic E-state index is 12.9. The first-order valence-electron chi connectivity index (χ1n) is 9.83. The predicted octanol–water partition coefficient (Wildman–Crippen LogP) is 4.70. The first kappa shape index (κ1) is 19.5. The van der Waals surface area contributed by atoms with E-state index in [0.717, 1.165) is 42.8 Å². The molecule has 5 heteroatoms. The van der Waals surface area contributed by atoms with Crippen molar-refractivity contribution in [3.8, 4) is 0 Å². The molecule has 0 atom stereocenters. The Hall–Kier alpha value is -2.30. The molecule has 27 heavy (non-hydrogen) atoms. The number of aromatic nitrogens is 1. The van der Waals surface area contributed by atoms with Crippen LogP contribution >= 0.6 is 0 Å². The van der Waals surface area contributed by atoms with Crippen LogP contribution in [0, 0.1) is 0 Å². The molecule has 2 aromatic rings. The monoisotopic (exact) mass is 369 g/mol. The van der Waals surface area contributed by atoms with Crippen LogP contribution in [0.1, 0.15) is 86.5 Å². The Morgan fingerprint density at radius 1 is 1.19 bits per heavy atom. The van der Waals surface area contributed by atoms with Crippen molar-refractivity contribution in [2.75, 3.05) is 18.8 Å². The van der Waals surface area contributed by atoms with Gasteiger partial charge in [-0.3, -0.25) is 4.79 Å². The quantitative estimate of drug-likeness (QED) is 0.851. The Bertz CT molecular complexity index is 792. The maximum Gasteiger partial charge on any atom is 0.253 e. The number of likely N-dealkylation sites (tertiary alicyclic amines) is 1. The Kier molecular flexibility index (Phi) is 5.31. The van der Waals surface area contributed by atoms with Crippen molar-refractivity contribution in [3.05, 3.63) is 46.6 Å². The van der Waals surface area contributed by atoms with E-state index in [1.165, 1.54) is 5.56 Å². The summed E-state index contributed by atoms with van der Waals surface area (Å²) in [5, 5.41) is 4.22. The van der Waals surface area contributed by atoms with Crippen molar-refractivity contribution >= 4 is 11.8 Å². The summed E-state index contributed by atoms with van der Waals surface area (Å²) in [4.78, 5) is 14.8. The number of hydrogen-bond donors (Lipinski definition) is 1. The lowest BCUT2D eigenvalue weighted by atomic mass is 9.86. The number of piperidine rings is 1. The second-order valence-electron chi connectivity index (χ2n) is 8.89. The molecule has 1 fully saturated rings. The average molecular weight is 370 g/mol. The maximum atomic E-state index is 12.9. The van der Waals surface area contributed by atoms with Crippen LogP contribution in [0.2, 0.25) is 0 Å². The summed E-state index contributed by atoms with van der Waals surface area (Å²) in [6.45, 7) is 12.2. The molecule has 2 N–H and O–H groups in total. The standard InChI is InChI=1S/C22H31N3O2/c1-14(2)18-19(24-27-20(18)23)15-10-12-25(13-11-15)21(26)16-6-8-17(9-7-16)22(3,4)5/h6-9,14-15H,10-13,23H2,1-5H3. The molecular formula is C22H31N3O2. The highest BCUT2D eigenvalue weighted by Gasteiger charge is 2.30. The molecule has 3 rings (SSSR count). The molecule has 1 aliphatic heterocycles. The molecule has 2 heterocycles. The Morgan fingerprint density at radius 3 is 2.30 bits per heavy atom. The lowest BCUT2D eigenvalue weighted by Crippen LogP contribution is -2.38. The number of nitrogens with two attached hydrogens (primary N) is 1. The highest BCUT2D eigenvalue weighted by molar-refractivity contribution is 5.94. The number of nitrogens with zero attached hydrogens (tertiary/aromatic N) is 2. The van der Waals surface area contributed by atoms with E-state index in [1.807, 2.05) is 17.0 Å². The number of nitrogen functional groups attached to an aromatic ring is 1. The van der Waals surface area contributed by atoms with E-state index in [4.69, 9.17) is 10.3 Å². The summed E-state index contributed by atoms with van der Waals surface area (Å²) in [5.74, 6) is 1.12. The summed E-state index contributed by atoms with van der Waals surface area (Å²) in [5.41, 5.74) is 10.0. The normalized spacial score (nSPS) is 16.1. The van der Waals surface area contributed by atoms with E-state index in [9.17, 15) is 4.79 Å². The van der Waals surface area contributed by atoms with Gasteiger partial charge in [0.05, 0.1) is 5.69 Å². The Labute approximate surface area is 161 Å². The van der Waals surface area contributed by atoms with Crippen LogP contribution in [0.3, 0.4) is 0 Å². The Morgan fingerprint density at radius 2 is 1.78 bits per heavy atom. The molecule has 0 unspecified atom stereocenters. The zero-order valence-corrected chi connectivity index (χ0v) is 17.1. The van der Waals surface area contributed by atoms with Gasteiger partial charge in [-0.2, -0.15) is 0 Å². The minimum Gasteiger partial charge on any atom is -0.367 e. The van der Waals surface area contributed by atoms with E-state index in [2.05, 4.69) is 51.9 Å². The number of amides is 1. The second-order valence-corrected chi connectivity index (χ2v) is 8.89. The van der Waals surface area contributed by atoms with E-state index >= 15 is 0 Å². The van der Waals surface area contributed by atoms with Gasteiger partial charge in [0.25, 0.3) is 5.91 Å². The number of hydrogen-bond acceptors (Lipinski definition) is 4. The third-order valence-electron chi connectivity index (χ3n) is 5.53. The molecule has 0 bridgehead atoms. The highest BCUT2D eigenvalue weighted by Crippen LogP contribution is 2.36. The van der Waals surface area contributed by atoms with Crippen LogP contribution in [-0.2, 0) is 5.41 Å². The SMILES string of the molecule is CC(C)c1c(C2CCN(C(=O)c3ccc(C(C)(C)C)cc3)CC2)noc1N. The molecule has 5 nitrogen and oxygen atoms in total. The van der Waals surface area contributed by atoms with Gasteiger partial charge in [0, 0.05) is 30.1 Å². The molecule has 0 radical (unpaired) electrons. The summed E-state index contributed by atoms with van der Waals surface area (Å²) < 4.78 is 5.24. The predicted molar refractivity (Wildman–Crippen MR) is 108 cm³/mol. The largest absolute Gasteiger partial charge is 0.367 e. The van der Waals surface area contributed by atoms with Crippen molar-refractivity contribution in [2.45, 2.75) is 64.7 Å². The summed E-state index contributed by atoms with van der Waals surface area (Å²) >= 11 is 0. The van der Waals surface area contributed by atoms with E-state index in [0.29, 0.717) is 11.8 Å². The van der Waals surface area contributed by atoms with Gasteiger partial charge in [0.15, 0.2) is 0 Å². The molecule has 1 amide bonds. The third-order valence-corrected chi connectivity index (χ3v) is 5.53. The van der Waals surface area contributed by atoms with Crippen molar-refractivity contribution in [3.63, 3.8) is 0 Å². The second kappa shape index (κ2) is 7.37. The van der Waals surface area contributed by atoms with E-state index in [-0.39, 0.29) is 17.2 Å². The fraction of sp³-hybridized carbons (Fsp3) is 0.545. The molecule has 1 saturated heterocycles. The number of rotatable bonds is 3. The van der Waals surface area contributed by atoms with Gasteiger partial charge in [-0.1, -0.05) is 51.9 Å². The number of carbonyl (C=O) groups is 1. The van der Waals surface area contributed by atoms with Gasteiger partial charge in [-0.05, 0) is 41.9 Å². The minimum absolute atomic E-state index is 0.0908. The topological polar surface area (TPSA) is 72.4 Å². The van der Waals surface area contributed by atoms with Gasteiger partial charge in [0.1, 0.15) is 0 Å². The first-order valence-corrected chi connectivity index (χ1v) is 9.83. The molecule has 1 aromatic heterocycles. The zero-order chi connectivity index (χ0) is 19.8. The van der Waals surface area contributed by atoms with Crippen LogP contribution in [0.4, 0.5) is 5.88 Å². The van der Waals surface area contributed by atoms with Gasteiger partial charge in [-0.25, -0.2) is 0 Å². The van der Waals surface area contributed by atoms with E-state index in [1.54, 1.807) is 0 Å². The molecule has 0 saturated carbocycles. The fourth-order valence-electron chi connectivity index (χ4n) is 3.85. The van der Waals surface area contributed by atoms with Gasteiger partial charge >= 0.3 is 0 Å². The van der Waals surface area contributed by atoms with Crippen LogP contribution in [0.25, 0.3) is 0 Å². The van der Waals surface area contributed by atoms with E-state index < -0.39 is 0 Å². The molecule has 1 aliphatic rings. The van der Waals surface area contributed by atoms with Gasteiger partial charge in [-0.15, -0.1) is 0 Å². The zero-order valence-electron chi connectivity index (χ0n) is 17.1.